The van der Waals surface area contributed by atoms with Crippen LogP contribution in [0.5, 0.6) is 0 Å². The van der Waals surface area contributed by atoms with E-state index in [1.54, 1.807) is 6.92 Å². The molecule has 0 aliphatic carbocycles. The quantitative estimate of drug-likeness (QED) is 0.917. The monoisotopic (exact) mass is 300 g/mol. The Balaban J connectivity index is 2.28. The van der Waals surface area contributed by atoms with Crippen LogP contribution in [0.4, 0.5) is 13.2 Å². The van der Waals surface area contributed by atoms with Gasteiger partial charge in [-0.3, -0.25) is 4.90 Å². The van der Waals surface area contributed by atoms with Crippen molar-refractivity contribution >= 4 is 0 Å². The average molecular weight is 300 g/mol. The maximum Gasteiger partial charge on any atom is 0.416 e. The molecular formula is C16H23F3N2. The first-order valence-electron chi connectivity index (χ1n) is 7.32. The Labute approximate surface area is 124 Å². The standard InChI is InChI=1S/C16H23F3N2/c1-11-10-12(16(17,18)19)6-7-13(11)14(20)15(2,3)21-8-4-5-9-21/h6-7,10,14H,4-5,8-9,20H2,1-3H3. The van der Waals surface area contributed by atoms with Crippen LogP contribution >= 0.6 is 0 Å². The molecule has 1 aromatic carbocycles. The van der Waals surface area contributed by atoms with Crippen LogP contribution in [0.3, 0.4) is 0 Å². The lowest BCUT2D eigenvalue weighted by Crippen LogP contribution is -2.50. The smallest absolute Gasteiger partial charge is 0.322 e. The van der Waals surface area contributed by atoms with Crippen molar-refractivity contribution in [3.8, 4) is 0 Å². The van der Waals surface area contributed by atoms with Gasteiger partial charge >= 0.3 is 6.18 Å². The van der Waals surface area contributed by atoms with Crippen molar-refractivity contribution in [1.82, 2.24) is 4.90 Å². The minimum Gasteiger partial charge on any atom is -0.322 e. The second-order valence-corrected chi connectivity index (χ2v) is 6.39. The van der Waals surface area contributed by atoms with Crippen LogP contribution in [0.2, 0.25) is 0 Å². The first-order valence-corrected chi connectivity index (χ1v) is 7.32. The van der Waals surface area contributed by atoms with Crippen molar-refractivity contribution in [2.24, 2.45) is 5.73 Å². The van der Waals surface area contributed by atoms with Crippen molar-refractivity contribution < 1.29 is 13.2 Å². The molecule has 0 saturated carbocycles. The SMILES string of the molecule is Cc1cc(C(F)(F)F)ccc1C(N)C(C)(C)N1CCCC1. The highest BCUT2D eigenvalue weighted by molar-refractivity contribution is 5.36. The van der Waals surface area contributed by atoms with Crippen molar-refractivity contribution in [3.05, 3.63) is 34.9 Å². The van der Waals surface area contributed by atoms with E-state index in [0.717, 1.165) is 37.6 Å². The van der Waals surface area contributed by atoms with Crippen LogP contribution in [0, 0.1) is 6.92 Å². The van der Waals surface area contributed by atoms with Crippen LogP contribution in [0.15, 0.2) is 18.2 Å². The van der Waals surface area contributed by atoms with Gasteiger partial charge in [-0.05, 0) is 70.0 Å². The normalized spacial score (nSPS) is 19.0. The van der Waals surface area contributed by atoms with E-state index in [1.165, 1.54) is 12.1 Å². The van der Waals surface area contributed by atoms with Gasteiger partial charge < -0.3 is 5.73 Å². The molecule has 1 aliphatic rings. The predicted molar refractivity (Wildman–Crippen MR) is 78.0 cm³/mol. The number of nitrogens with zero attached hydrogens (tertiary/aromatic N) is 1. The fraction of sp³-hybridized carbons (Fsp3) is 0.625. The number of nitrogens with two attached hydrogens (primary N) is 1. The molecule has 118 valence electrons. The lowest BCUT2D eigenvalue weighted by atomic mass is 9.85. The van der Waals surface area contributed by atoms with E-state index >= 15 is 0 Å². The summed E-state index contributed by atoms with van der Waals surface area (Å²) < 4.78 is 38.2. The molecule has 21 heavy (non-hydrogen) atoms. The molecule has 1 unspecified atom stereocenters. The van der Waals surface area contributed by atoms with E-state index in [1.807, 2.05) is 0 Å². The number of halogens is 3. The first-order chi connectivity index (χ1) is 9.64. The Morgan fingerprint density at radius 1 is 1.14 bits per heavy atom. The zero-order valence-corrected chi connectivity index (χ0v) is 12.8. The number of hydrogen-bond acceptors (Lipinski definition) is 2. The van der Waals surface area contributed by atoms with Crippen LogP contribution < -0.4 is 5.73 Å². The molecule has 2 N–H and O–H groups in total. The van der Waals surface area contributed by atoms with Gasteiger partial charge in [-0.15, -0.1) is 0 Å². The Morgan fingerprint density at radius 3 is 2.19 bits per heavy atom. The van der Waals surface area contributed by atoms with Gasteiger partial charge in [-0.2, -0.15) is 13.2 Å². The van der Waals surface area contributed by atoms with E-state index < -0.39 is 11.7 Å². The zero-order chi connectivity index (χ0) is 15.8. The number of rotatable bonds is 3. The van der Waals surface area contributed by atoms with Gasteiger partial charge in [0.25, 0.3) is 0 Å². The highest BCUT2D eigenvalue weighted by Gasteiger charge is 2.37. The lowest BCUT2D eigenvalue weighted by molar-refractivity contribution is -0.137. The molecule has 5 heteroatoms. The highest BCUT2D eigenvalue weighted by Crippen LogP contribution is 2.36. The molecule has 0 radical (unpaired) electrons. The second-order valence-electron chi connectivity index (χ2n) is 6.39. The summed E-state index contributed by atoms with van der Waals surface area (Å²) in [6.45, 7) is 7.84. The van der Waals surface area contributed by atoms with E-state index in [9.17, 15) is 13.2 Å². The molecule has 1 aromatic rings. The number of alkyl halides is 3. The summed E-state index contributed by atoms with van der Waals surface area (Å²) in [5, 5.41) is 0. The summed E-state index contributed by atoms with van der Waals surface area (Å²) in [6, 6.07) is 3.54. The van der Waals surface area contributed by atoms with Gasteiger partial charge in [0.1, 0.15) is 0 Å². The van der Waals surface area contributed by atoms with Crippen LogP contribution in [0.1, 0.15) is 49.4 Å². The molecule has 1 atom stereocenters. The lowest BCUT2D eigenvalue weighted by Gasteiger charge is -2.41. The van der Waals surface area contributed by atoms with Gasteiger partial charge in [0, 0.05) is 11.6 Å². The maximum absolute atomic E-state index is 12.7. The van der Waals surface area contributed by atoms with E-state index in [-0.39, 0.29) is 11.6 Å². The summed E-state index contributed by atoms with van der Waals surface area (Å²) in [4.78, 5) is 2.33. The third-order valence-corrected chi connectivity index (χ3v) is 4.61. The van der Waals surface area contributed by atoms with Gasteiger partial charge in [0.15, 0.2) is 0 Å². The largest absolute Gasteiger partial charge is 0.416 e. The summed E-state index contributed by atoms with van der Waals surface area (Å²) in [5.74, 6) is 0. The fourth-order valence-corrected chi connectivity index (χ4v) is 3.07. The van der Waals surface area contributed by atoms with Gasteiger partial charge in [-0.25, -0.2) is 0 Å². The van der Waals surface area contributed by atoms with E-state index in [2.05, 4.69) is 18.7 Å². The van der Waals surface area contributed by atoms with Crippen LogP contribution in [-0.4, -0.2) is 23.5 Å². The number of aryl methyl sites for hydroxylation is 1. The maximum atomic E-state index is 12.7. The summed E-state index contributed by atoms with van der Waals surface area (Å²) in [5.41, 5.74) is 6.90. The molecule has 1 heterocycles. The molecule has 0 aromatic heterocycles. The third kappa shape index (κ3) is 3.24. The molecule has 2 rings (SSSR count). The van der Waals surface area contributed by atoms with Crippen molar-refractivity contribution in [1.29, 1.82) is 0 Å². The second kappa shape index (κ2) is 5.61. The van der Waals surface area contributed by atoms with Crippen LogP contribution in [-0.2, 0) is 6.18 Å². The topological polar surface area (TPSA) is 29.3 Å². The summed E-state index contributed by atoms with van der Waals surface area (Å²) >= 11 is 0. The number of hydrogen-bond donors (Lipinski definition) is 1. The Bertz CT molecular complexity index is 503. The van der Waals surface area contributed by atoms with E-state index in [4.69, 9.17) is 5.73 Å². The Hall–Kier alpha value is -1.07. The van der Waals surface area contributed by atoms with Crippen molar-refractivity contribution in [2.45, 2.75) is 51.4 Å². The minimum absolute atomic E-state index is 0.263. The highest BCUT2D eigenvalue weighted by atomic mass is 19.4. The molecule has 0 bridgehead atoms. The predicted octanol–water partition coefficient (Wildman–Crippen LogP) is 3.89. The molecule has 1 fully saturated rings. The van der Waals surface area contributed by atoms with Gasteiger partial charge in [-0.1, -0.05) is 6.07 Å². The van der Waals surface area contributed by atoms with Crippen LogP contribution in [0.25, 0.3) is 0 Å². The summed E-state index contributed by atoms with van der Waals surface area (Å²) in [7, 11) is 0. The molecule has 0 amide bonds. The molecule has 1 aliphatic heterocycles. The van der Waals surface area contributed by atoms with Gasteiger partial charge in [0.2, 0.25) is 0 Å². The Morgan fingerprint density at radius 2 is 1.71 bits per heavy atom. The van der Waals surface area contributed by atoms with Crippen molar-refractivity contribution in [3.63, 3.8) is 0 Å². The number of likely N-dealkylation sites (tertiary alicyclic amines) is 1. The molecular weight excluding hydrogens is 277 g/mol. The fourth-order valence-electron chi connectivity index (χ4n) is 3.07. The summed E-state index contributed by atoms with van der Waals surface area (Å²) in [6.07, 6.45) is -2.00. The van der Waals surface area contributed by atoms with Gasteiger partial charge in [0.05, 0.1) is 5.56 Å². The third-order valence-electron chi connectivity index (χ3n) is 4.61. The average Bonchev–Trinajstić information content (AvgIpc) is 2.91. The molecule has 0 spiro atoms. The Kier molecular flexibility index (Phi) is 4.36. The van der Waals surface area contributed by atoms with E-state index in [0.29, 0.717) is 5.56 Å². The minimum atomic E-state index is -4.31. The number of benzene rings is 1. The molecule has 2 nitrogen and oxygen atoms in total. The zero-order valence-electron chi connectivity index (χ0n) is 12.8. The van der Waals surface area contributed by atoms with Crippen molar-refractivity contribution in [2.75, 3.05) is 13.1 Å². The first kappa shape index (κ1) is 16.3. The molecule has 1 saturated heterocycles.